The zero-order valence-corrected chi connectivity index (χ0v) is 19.8. The van der Waals surface area contributed by atoms with E-state index < -0.39 is 0 Å². The summed E-state index contributed by atoms with van der Waals surface area (Å²) in [5.41, 5.74) is 2.74. The quantitative estimate of drug-likeness (QED) is 0.441. The fourth-order valence-corrected chi connectivity index (χ4v) is 5.48. The first-order chi connectivity index (χ1) is 16.6. The molecule has 5 rings (SSSR count). The first kappa shape index (κ1) is 22.2. The van der Waals surface area contributed by atoms with E-state index in [1.165, 1.54) is 0 Å². The van der Waals surface area contributed by atoms with Crippen molar-refractivity contribution >= 4 is 34.1 Å². The van der Waals surface area contributed by atoms with Crippen LogP contribution in [0.2, 0.25) is 0 Å². The van der Waals surface area contributed by atoms with Crippen LogP contribution in [0.15, 0.2) is 66.9 Å². The van der Waals surface area contributed by atoms with Crippen LogP contribution in [0.3, 0.4) is 0 Å². The molecule has 0 spiro atoms. The van der Waals surface area contributed by atoms with Crippen LogP contribution in [0.4, 0.5) is 0 Å². The molecule has 1 saturated heterocycles. The monoisotopic (exact) mass is 470 g/mol. The molecule has 2 aromatic carbocycles. The minimum atomic E-state index is -0.170. The zero-order chi connectivity index (χ0) is 23.5. The molecule has 1 fully saturated rings. The van der Waals surface area contributed by atoms with Crippen LogP contribution < -0.4 is 5.32 Å². The van der Waals surface area contributed by atoms with Gasteiger partial charge in [-0.1, -0.05) is 48.5 Å². The molecule has 0 bridgehead atoms. The number of aryl methyl sites for hydroxylation is 1. The highest BCUT2D eigenvalue weighted by atomic mass is 32.1. The number of thiazole rings is 1. The number of para-hydroxylation sites is 1. The van der Waals surface area contributed by atoms with Gasteiger partial charge >= 0.3 is 0 Å². The third kappa shape index (κ3) is 4.43. The molecule has 1 aliphatic heterocycles. The van der Waals surface area contributed by atoms with Gasteiger partial charge in [0.05, 0.1) is 21.0 Å². The molecule has 2 amide bonds. The summed E-state index contributed by atoms with van der Waals surface area (Å²) in [6.45, 7) is 3.00. The minimum Gasteiger partial charge on any atom is -0.350 e. The molecule has 3 heterocycles. The van der Waals surface area contributed by atoms with E-state index in [1.807, 2.05) is 66.4 Å². The summed E-state index contributed by atoms with van der Waals surface area (Å²) < 4.78 is 0. The SMILES string of the molecule is Cc1nc(C(=O)N2CCCC[C@H]2CNC(=O)c2cccc3cccnc23)c(-c2ccccc2)s1. The Morgan fingerprint density at radius 2 is 1.88 bits per heavy atom. The number of rotatable bonds is 5. The molecule has 1 atom stereocenters. The molecule has 4 aromatic rings. The third-order valence-electron chi connectivity index (χ3n) is 6.24. The van der Waals surface area contributed by atoms with Crippen LogP contribution in [0.5, 0.6) is 0 Å². The average molecular weight is 471 g/mol. The van der Waals surface area contributed by atoms with Crippen molar-refractivity contribution in [2.45, 2.75) is 32.2 Å². The summed E-state index contributed by atoms with van der Waals surface area (Å²) in [5.74, 6) is -0.231. The van der Waals surface area contributed by atoms with Crippen LogP contribution in [-0.2, 0) is 0 Å². The van der Waals surface area contributed by atoms with Gasteiger partial charge in [0, 0.05) is 30.7 Å². The number of carbonyl (C=O) groups is 2. The Morgan fingerprint density at radius 3 is 2.74 bits per heavy atom. The van der Waals surface area contributed by atoms with Crippen molar-refractivity contribution in [3.05, 3.63) is 83.1 Å². The van der Waals surface area contributed by atoms with Crippen molar-refractivity contribution in [3.8, 4) is 10.4 Å². The van der Waals surface area contributed by atoms with Crippen molar-refractivity contribution in [2.24, 2.45) is 0 Å². The van der Waals surface area contributed by atoms with Crippen LogP contribution >= 0.6 is 11.3 Å². The predicted molar refractivity (Wildman–Crippen MR) is 135 cm³/mol. The van der Waals surface area contributed by atoms with E-state index in [4.69, 9.17) is 0 Å². The lowest BCUT2D eigenvalue weighted by atomic mass is 10.0. The Balaban J connectivity index is 1.35. The lowest BCUT2D eigenvalue weighted by Crippen LogP contribution is -2.49. The lowest BCUT2D eigenvalue weighted by Gasteiger charge is -2.35. The normalized spacial score (nSPS) is 15.9. The van der Waals surface area contributed by atoms with Crippen molar-refractivity contribution in [1.82, 2.24) is 20.2 Å². The topological polar surface area (TPSA) is 75.2 Å². The van der Waals surface area contributed by atoms with Crippen molar-refractivity contribution in [1.29, 1.82) is 0 Å². The number of piperidine rings is 1. The van der Waals surface area contributed by atoms with Gasteiger partial charge in [0.1, 0.15) is 5.69 Å². The minimum absolute atomic E-state index is 0.0611. The highest BCUT2D eigenvalue weighted by molar-refractivity contribution is 7.15. The Labute approximate surface area is 202 Å². The molecule has 2 aromatic heterocycles. The standard InChI is InChI=1S/C27H26N4O2S/c1-18-30-24(25(34-18)20-9-3-2-4-10-20)27(33)31-16-6-5-13-21(31)17-29-26(32)22-14-7-11-19-12-8-15-28-23(19)22/h2-4,7-12,14-15,21H,5-6,13,16-17H2,1H3,(H,29,32)/t21-/m0/s1. The number of aromatic nitrogens is 2. The number of hydrogen-bond donors (Lipinski definition) is 1. The Bertz CT molecular complexity index is 1330. The van der Waals surface area contributed by atoms with Gasteiger partial charge in [0.15, 0.2) is 0 Å². The van der Waals surface area contributed by atoms with E-state index in [1.54, 1.807) is 23.6 Å². The van der Waals surface area contributed by atoms with Gasteiger partial charge < -0.3 is 10.2 Å². The zero-order valence-electron chi connectivity index (χ0n) is 19.0. The molecule has 1 aliphatic rings. The molecule has 1 N–H and O–H groups in total. The molecule has 34 heavy (non-hydrogen) atoms. The number of hydrogen-bond acceptors (Lipinski definition) is 5. The molecule has 0 aliphatic carbocycles. The van der Waals surface area contributed by atoms with Gasteiger partial charge in [0.25, 0.3) is 11.8 Å². The highest BCUT2D eigenvalue weighted by Crippen LogP contribution is 2.32. The number of pyridine rings is 1. The average Bonchev–Trinajstić information content (AvgIpc) is 3.29. The number of likely N-dealkylation sites (tertiary alicyclic amines) is 1. The predicted octanol–water partition coefficient (Wildman–Crippen LogP) is 5.09. The van der Waals surface area contributed by atoms with Gasteiger partial charge in [-0.25, -0.2) is 4.98 Å². The lowest BCUT2D eigenvalue weighted by molar-refractivity contribution is 0.0598. The Morgan fingerprint density at radius 1 is 1.06 bits per heavy atom. The molecular weight excluding hydrogens is 444 g/mol. The molecule has 0 saturated carbocycles. The summed E-state index contributed by atoms with van der Waals surface area (Å²) in [7, 11) is 0. The molecule has 6 nitrogen and oxygen atoms in total. The number of amides is 2. The van der Waals surface area contributed by atoms with E-state index in [9.17, 15) is 9.59 Å². The number of fused-ring (bicyclic) bond motifs is 1. The third-order valence-corrected chi connectivity index (χ3v) is 7.26. The van der Waals surface area contributed by atoms with E-state index >= 15 is 0 Å². The second-order valence-corrected chi connectivity index (χ2v) is 9.72. The van der Waals surface area contributed by atoms with Crippen LogP contribution in [0.25, 0.3) is 21.3 Å². The Kier molecular flexibility index (Phi) is 6.36. The smallest absolute Gasteiger partial charge is 0.274 e. The number of benzene rings is 2. The number of carbonyl (C=O) groups excluding carboxylic acids is 2. The van der Waals surface area contributed by atoms with Gasteiger partial charge in [-0.3, -0.25) is 14.6 Å². The van der Waals surface area contributed by atoms with Crippen molar-refractivity contribution < 1.29 is 9.59 Å². The first-order valence-corrected chi connectivity index (χ1v) is 12.4. The molecule has 0 radical (unpaired) electrons. The van der Waals surface area contributed by atoms with Gasteiger partial charge in [0.2, 0.25) is 0 Å². The molecule has 0 unspecified atom stereocenters. The highest BCUT2D eigenvalue weighted by Gasteiger charge is 2.31. The summed E-state index contributed by atoms with van der Waals surface area (Å²) in [4.78, 5) is 38.5. The van der Waals surface area contributed by atoms with E-state index in [0.717, 1.165) is 40.1 Å². The fourth-order valence-electron chi connectivity index (χ4n) is 4.57. The van der Waals surface area contributed by atoms with E-state index in [0.29, 0.717) is 29.9 Å². The number of nitrogens with zero attached hydrogens (tertiary/aromatic N) is 3. The van der Waals surface area contributed by atoms with E-state index in [-0.39, 0.29) is 17.9 Å². The second-order valence-electron chi connectivity index (χ2n) is 8.52. The van der Waals surface area contributed by atoms with Crippen LogP contribution in [0.1, 0.15) is 45.1 Å². The molecule has 7 heteroatoms. The van der Waals surface area contributed by atoms with Gasteiger partial charge in [-0.15, -0.1) is 11.3 Å². The van der Waals surface area contributed by atoms with Crippen LogP contribution in [0, 0.1) is 6.92 Å². The molecule has 172 valence electrons. The maximum Gasteiger partial charge on any atom is 0.274 e. The summed E-state index contributed by atoms with van der Waals surface area (Å²) >= 11 is 1.54. The van der Waals surface area contributed by atoms with Crippen LogP contribution in [-0.4, -0.2) is 45.8 Å². The Hall–Kier alpha value is -3.58. The second kappa shape index (κ2) is 9.73. The van der Waals surface area contributed by atoms with E-state index in [2.05, 4.69) is 15.3 Å². The van der Waals surface area contributed by atoms with Gasteiger partial charge in [-0.05, 0) is 43.9 Å². The van der Waals surface area contributed by atoms with Gasteiger partial charge in [-0.2, -0.15) is 0 Å². The summed E-state index contributed by atoms with van der Waals surface area (Å²) in [5, 5.41) is 4.85. The first-order valence-electron chi connectivity index (χ1n) is 11.6. The van der Waals surface area contributed by atoms with Crippen molar-refractivity contribution in [2.75, 3.05) is 13.1 Å². The largest absolute Gasteiger partial charge is 0.350 e. The fraction of sp³-hybridized carbons (Fsp3) is 0.259. The molecular formula is C27H26N4O2S. The number of nitrogens with one attached hydrogen (secondary N) is 1. The van der Waals surface area contributed by atoms with Crippen molar-refractivity contribution in [3.63, 3.8) is 0 Å². The maximum absolute atomic E-state index is 13.7. The maximum atomic E-state index is 13.7. The summed E-state index contributed by atoms with van der Waals surface area (Å²) in [6, 6.07) is 19.3. The summed E-state index contributed by atoms with van der Waals surface area (Å²) in [6.07, 6.45) is 4.53.